The van der Waals surface area contributed by atoms with Gasteiger partial charge in [-0.2, -0.15) is 0 Å². The van der Waals surface area contributed by atoms with Crippen LogP contribution in [0.1, 0.15) is 41.7 Å². The first-order valence-corrected chi connectivity index (χ1v) is 13.5. The number of benzene rings is 2. The summed E-state index contributed by atoms with van der Waals surface area (Å²) in [7, 11) is 0. The lowest BCUT2D eigenvalue weighted by Gasteiger charge is -2.35. The van der Waals surface area contributed by atoms with E-state index in [1.54, 1.807) is 5.01 Å². The van der Waals surface area contributed by atoms with Gasteiger partial charge >= 0.3 is 0 Å². The molecule has 1 aliphatic heterocycles. The standard InChI is InChI=1S/C28H30ClF3N4O4/c1-28(31,32)17-2-6-20(7-3-17)40-16-19(37)14-34-8-10-35(11-9-34)33-27(39)22-15-36(18-4-5-18)25-13-23(29)24(30)12-21(25)26(22)38/h2-3,6-7,12-13,15,18-19,37H,4-5,8-11,14,16H2,1H3,(H,33,39)/t19-/m0/s1. The number of piperazine rings is 1. The maximum Gasteiger partial charge on any atom is 0.271 e. The SMILES string of the molecule is CC(F)(F)c1ccc(OC[C@@H](O)CN2CCN(NC(=O)c3cn(C4CC4)c4cc(Cl)c(F)cc4c3=O)CC2)cc1. The summed E-state index contributed by atoms with van der Waals surface area (Å²) in [6, 6.07) is 8.13. The minimum absolute atomic E-state index is 0.000143. The second-order valence-corrected chi connectivity index (χ2v) is 10.8. The number of pyridine rings is 1. The number of nitrogens with one attached hydrogen (secondary N) is 1. The smallest absolute Gasteiger partial charge is 0.271 e. The zero-order chi connectivity index (χ0) is 28.6. The minimum Gasteiger partial charge on any atom is -0.491 e. The topological polar surface area (TPSA) is 87.0 Å². The fourth-order valence-electron chi connectivity index (χ4n) is 4.79. The zero-order valence-electron chi connectivity index (χ0n) is 21.9. The number of alkyl halides is 2. The Morgan fingerprint density at radius 2 is 1.85 bits per heavy atom. The van der Waals surface area contributed by atoms with Crippen LogP contribution in [0.15, 0.2) is 47.4 Å². The van der Waals surface area contributed by atoms with Crippen LogP contribution < -0.4 is 15.6 Å². The molecule has 3 aromatic rings. The molecule has 1 saturated carbocycles. The Bertz CT molecular complexity index is 1450. The van der Waals surface area contributed by atoms with Crippen molar-refractivity contribution in [3.05, 3.63) is 74.8 Å². The average Bonchev–Trinajstić information content (AvgIpc) is 3.75. The molecule has 0 radical (unpaired) electrons. The van der Waals surface area contributed by atoms with Crippen molar-refractivity contribution in [2.24, 2.45) is 0 Å². The fraction of sp³-hybridized carbons (Fsp3) is 0.429. The molecule has 5 rings (SSSR count). The number of aliphatic hydroxyl groups is 1. The number of β-amino-alcohol motifs (C(OH)–C–C–N with tert-alkyl or cyclic N) is 1. The number of halogens is 4. The lowest BCUT2D eigenvalue weighted by atomic mass is 10.1. The van der Waals surface area contributed by atoms with E-state index in [2.05, 4.69) is 5.43 Å². The molecule has 40 heavy (non-hydrogen) atoms. The first kappa shape index (κ1) is 28.4. The molecule has 0 spiro atoms. The van der Waals surface area contributed by atoms with Gasteiger partial charge in [-0.15, -0.1) is 0 Å². The lowest BCUT2D eigenvalue weighted by Crippen LogP contribution is -2.55. The third-order valence-corrected chi connectivity index (χ3v) is 7.45. The second-order valence-electron chi connectivity index (χ2n) is 10.4. The van der Waals surface area contributed by atoms with E-state index >= 15 is 0 Å². The third kappa shape index (κ3) is 6.43. The summed E-state index contributed by atoms with van der Waals surface area (Å²) < 4.78 is 48.2. The van der Waals surface area contributed by atoms with E-state index in [9.17, 15) is 27.9 Å². The van der Waals surface area contributed by atoms with Gasteiger partial charge in [0.05, 0.1) is 10.5 Å². The van der Waals surface area contributed by atoms with Gasteiger partial charge in [0, 0.05) is 62.8 Å². The van der Waals surface area contributed by atoms with E-state index in [4.69, 9.17) is 16.3 Å². The Balaban J connectivity index is 1.14. The number of rotatable bonds is 9. The van der Waals surface area contributed by atoms with E-state index < -0.39 is 29.2 Å². The van der Waals surface area contributed by atoms with Crippen LogP contribution in [0.3, 0.4) is 0 Å². The molecule has 12 heteroatoms. The Morgan fingerprint density at radius 3 is 2.48 bits per heavy atom. The number of nitrogens with zero attached hydrogens (tertiary/aromatic N) is 3. The van der Waals surface area contributed by atoms with Crippen molar-refractivity contribution in [2.45, 2.75) is 37.8 Å². The Morgan fingerprint density at radius 1 is 1.18 bits per heavy atom. The lowest BCUT2D eigenvalue weighted by molar-refractivity contribution is 0.0173. The molecule has 0 bridgehead atoms. The number of hydrazine groups is 1. The van der Waals surface area contributed by atoms with Gasteiger partial charge in [0.25, 0.3) is 11.8 Å². The number of aromatic nitrogens is 1. The van der Waals surface area contributed by atoms with Crippen LogP contribution in [0, 0.1) is 5.82 Å². The number of aliphatic hydroxyl groups excluding tert-OH is 1. The summed E-state index contributed by atoms with van der Waals surface area (Å²) in [5.41, 5.74) is 2.56. The number of hydrogen-bond donors (Lipinski definition) is 2. The van der Waals surface area contributed by atoms with Crippen LogP contribution >= 0.6 is 11.6 Å². The summed E-state index contributed by atoms with van der Waals surface area (Å²) in [6.45, 7) is 3.17. The molecule has 2 heterocycles. The monoisotopic (exact) mass is 578 g/mol. The van der Waals surface area contributed by atoms with Crippen LogP contribution in [0.25, 0.3) is 10.9 Å². The van der Waals surface area contributed by atoms with Crippen LogP contribution in [0.4, 0.5) is 13.2 Å². The van der Waals surface area contributed by atoms with E-state index in [0.29, 0.717) is 44.0 Å². The molecule has 2 N–H and O–H groups in total. The summed E-state index contributed by atoms with van der Waals surface area (Å²) >= 11 is 5.95. The summed E-state index contributed by atoms with van der Waals surface area (Å²) in [4.78, 5) is 28.2. The third-order valence-electron chi connectivity index (χ3n) is 7.16. The molecule has 214 valence electrons. The molecular weight excluding hydrogens is 549 g/mol. The quantitative estimate of drug-likeness (QED) is 0.400. The number of ether oxygens (including phenoxy) is 1. The first-order chi connectivity index (χ1) is 19.0. The number of carbonyl (C=O) groups is 1. The van der Waals surface area contributed by atoms with Gasteiger partial charge in [0.1, 0.15) is 29.8 Å². The molecular formula is C28H30ClF3N4O4. The van der Waals surface area contributed by atoms with Crippen molar-refractivity contribution in [2.75, 3.05) is 39.3 Å². The van der Waals surface area contributed by atoms with Crippen molar-refractivity contribution >= 4 is 28.4 Å². The minimum atomic E-state index is -2.93. The molecule has 0 unspecified atom stereocenters. The highest BCUT2D eigenvalue weighted by Gasteiger charge is 2.29. The van der Waals surface area contributed by atoms with Crippen molar-refractivity contribution in [3.8, 4) is 5.75 Å². The largest absolute Gasteiger partial charge is 0.491 e. The van der Waals surface area contributed by atoms with Crippen LogP contribution in [0.2, 0.25) is 5.02 Å². The highest BCUT2D eigenvalue weighted by molar-refractivity contribution is 6.31. The van der Waals surface area contributed by atoms with Gasteiger partial charge in [-0.05, 0) is 49.2 Å². The summed E-state index contributed by atoms with van der Waals surface area (Å²) in [5.74, 6) is -3.82. The normalized spacial score (nSPS) is 17.6. The highest BCUT2D eigenvalue weighted by atomic mass is 35.5. The predicted octanol–water partition coefficient (Wildman–Crippen LogP) is 3.94. The molecule has 2 aliphatic rings. The number of hydrogen-bond acceptors (Lipinski definition) is 6. The van der Waals surface area contributed by atoms with Gasteiger partial charge in [-0.3, -0.25) is 19.9 Å². The molecule has 1 atom stereocenters. The highest BCUT2D eigenvalue weighted by Crippen LogP contribution is 2.37. The van der Waals surface area contributed by atoms with E-state index in [1.165, 1.54) is 36.5 Å². The van der Waals surface area contributed by atoms with Gasteiger partial charge in [-0.1, -0.05) is 11.6 Å². The van der Waals surface area contributed by atoms with Gasteiger partial charge in [0.15, 0.2) is 0 Å². The molecule has 1 aliphatic carbocycles. The summed E-state index contributed by atoms with van der Waals surface area (Å²) in [5, 5.41) is 12.1. The van der Waals surface area contributed by atoms with E-state index in [1.807, 2.05) is 9.47 Å². The zero-order valence-corrected chi connectivity index (χ0v) is 22.6. The van der Waals surface area contributed by atoms with Gasteiger partial charge < -0.3 is 14.4 Å². The number of amides is 1. The molecule has 2 aromatic carbocycles. The van der Waals surface area contributed by atoms with E-state index in [-0.39, 0.29) is 34.2 Å². The second kappa shape index (κ2) is 11.4. The molecule has 8 nitrogen and oxygen atoms in total. The van der Waals surface area contributed by atoms with Crippen molar-refractivity contribution in [1.29, 1.82) is 0 Å². The van der Waals surface area contributed by atoms with Gasteiger partial charge in [0.2, 0.25) is 5.43 Å². The van der Waals surface area contributed by atoms with Crippen LogP contribution in [-0.2, 0) is 5.92 Å². The van der Waals surface area contributed by atoms with Crippen molar-refractivity contribution in [1.82, 2.24) is 19.9 Å². The van der Waals surface area contributed by atoms with Crippen molar-refractivity contribution < 1.29 is 27.8 Å². The van der Waals surface area contributed by atoms with E-state index in [0.717, 1.165) is 25.8 Å². The predicted molar refractivity (Wildman–Crippen MR) is 144 cm³/mol. The molecule has 1 saturated heterocycles. The molecule has 1 aromatic heterocycles. The number of carbonyl (C=O) groups excluding carboxylic acids is 1. The maximum atomic E-state index is 14.2. The summed E-state index contributed by atoms with van der Waals surface area (Å²) in [6.07, 6.45) is 2.52. The van der Waals surface area contributed by atoms with Crippen LogP contribution in [0.5, 0.6) is 5.75 Å². The van der Waals surface area contributed by atoms with Gasteiger partial charge in [-0.25, -0.2) is 18.2 Å². The Labute approximate surface area is 233 Å². The van der Waals surface area contributed by atoms with Crippen LogP contribution in [-0.4, -0.2) is 70.9 Å². The Hall–Kier alpha value is -3.12. The number of fused-ring (bicyclic) bond motifs is 1. The Kier molecular flexibility index (Phi) is 8.10. The first-order valence-electron chi connectivity index (χ1n) is 13.1. The maximum absolute atomic E-state index is 14.2. The molecule has 1 amide bonds. The fourth-order valence-corrected chi connectivity index (χ4v) is 4.95. The molecule has 2 fully saturated rings. The van der Waals surface area contributed by atoms with Crippen molar-refractivity contribution in [3.63, 3.8) is 0 Å². The average molecular weight is 579 g/mol.